The molecule has 1 aromatic rings. The number of benzene rings is 1. The summed E-state index contributed by atoms with van der Waals surface area (Å²) >= 11 is 0. The second-order valence-corrected chi connectivity index (χ2v) is 10.2. The van der Waals surface area contributed by atoms with Crippen LogP contribution >= 0.6 is 0 Å². The van der Waals surface area contributed by atoms with Crippen LogP contribution in [0.15, 0.2) is 41.6 Å². The van der Waals surface area contributed by atoms with Crippen LogP contribution in [0.3, 0.4) is 0 Å². The molecule has 0 N–H and O–H groups in total. The van der Waals surface area contributed by atoms with Gasteiger partial charge in [-0.2, -0.15) is 0 Å². The maximum absolute atomic E-state index is 2.46. The van der Waals surface area contributed by atoms with Gasteiger partial charge >= 0.3 is 0 Å². The van der Waals surface area contributed by atoms with Crippen LogP contribution in [0.5, 0.6) is 0 Å². The van der Waals surface area contributed by atoms with E-state index < -0.39 is 0 Å². The summed E-state index contributed by atoms with van der Waals surface area (Å²) in [6, 6.07) is 9.37. The minimum atomic E-state index is 0.321. The fourth-order valence-electron chi connectivity index (χ4n) is 5.39. The molecule has 0 unspecified atom stereocenters. The highest BCUT2D eigenvalue weighted by Gasteiger charge is 2.42. The van der Waals surface area contributed by atoms with Crippen LogP contribution < -0.4 is 0 Å². The molecule has 0 spiro atoms. The summed E-state index contributed by atoms with van der Waals surface area (Å²) in [5.41, 5.74) is 7.50. The Morgan fingerprint density at radius 3 is 1.97 bits per heavy atom. The maximum atomic E-state index is 2.46. The molecule has 0 amide bonds. The van der Waals surface area contributed by atoms with Gasteiger partial charge in [0.2, 0.25) is 0 Å². The molecule has 29 heavy (non-hydrogen) atoms. The monoisotopic (exact) mass is 405 g/mol. The van der Waals surface area contributed by atoms with E-state index in [0.29, 0.717) is 5.41 Å². The fraction of sp³-hybridized carbons (Fsp3) is 0.607. The van der Waals surface area contributed by atoms with Gasteiger partial charge < -0.3 is 0 Å². The number of rotatable bonds is 14. The van der Waals surface area contributed by atoms with Crippen molar-refractivity contribution in [1.82, 2.24) is 0 Å². The first kappa shape index (κ1) is 22.5. The lowest BCUT2D eigenvalue weighted by molar-refractivity contribution is 0.401. The number of fused-ring (bicyclic) bond motifs is 2. The largest absolute Gasteiger partial charge is 0.0769 e. The second-order valence-electron chi connectivity index (χ2n) is 9.12. The molecule has 0 saturated heterocycles. The number of hydrogen-bond donors (Lipinski definition) is 0. The molecule has 0 aromatic heterocycles. The Kier molecular flexibility index (Phi) is 9.17. The Bertz CT molecular complexity index is 706. The standard InChI is InChI=1S/C28H41Si/c1-3-5-7-9-11-15-21-28(22-16-12-10-8-6-4-2)26-20-14-13-18-24(26)25-19-17-23-29-27(25)28/h13-14,17-20,23H,3-12,15-16,21-22H2,1-2H3. The molecule has 3 rings (SSSR count). The van der Waals surface area contributed by atoms with Crippen LogP contribution in [0.2, 0.25) is 0 Å². The van der Waals surface area contributed by atoms with Crippen LogP contribution in [0, 0.1) is 0 Å². The molecule has 1 aromatic carbocycles. The second kappa shape index (κ2) is 11.8. The lowest BCUT2D eigenvalue weighted by Gasteiger charge is -2.34. The van der Waals surface area contributed by atoms with E-state index in [1.54, 1.807) is 16.3 Å². The summed E-state index contributed by atoms with van der Waals surface area (Å²) in [6.07, 6.45) is 24.2. The van der Waals surface area contributed by atoms with Crippen molar-refractivity contribution in [1.29, 1.82) is 0 Å². The SMILES string of the molecule is CCCCCCCCC1(CCCCCCCC)C2=C(C=CC=[Si]2)c2ccccc21. The molecule has 0 bridgehead atoms. The van der Waals surface area contributed by atoms with Crippen LogP contribution in [0.25, 0.3) is 5.57 Å². The zero-order chi connectivity index (χ0) is 20.4. The summed E-state index contributed by atoms with van der Waals surface area (Å²) in [4.78, 5) is 0. The minimum absolute atomic E-state index is 0.321. The molecule has 1 aliphatic carbocycles. The van der Waals surface area contributed by atoms with E-state index in [-0.39, 0.29) is 0 Å². The van der Waals surface area contributed by atoms with Gasteiger partial charge in [0.25, 0.3) is 0 Å². The molecule has 2 aliphatic rings. The maximum Gasteiger partial charge on any atom is 0.0561 e. The molecule has 1 heterocycles. The third-order valence-corrected chi connectivity index (χ3v) is 8.38. The normalized spacial score (nSPS) is 16.3. The van der Waals surface area contributed by atoms with Gasteiger partial charge in [-0.1, -0.05) is 133 Å². The zero-order valence-corrected chi connectivity index (χ0v) is 19.9. The molecule has 1 aliphatic heterocycles. The van der Waals surface area contributed by atoms with Crippen molar-refractivity contribution < 1.29 is 0 Å². The first-order chi connectivity index (χ1) is 14.3. The van der Waals surface area contributed by atoms with Gasteiger partial charge in [-0.15, -0.1) is 0 Å². The molecule has 0 nitrogen and oxygen atoms in total. The molecule has 157 valence electrons. The Morgan fingerprint density at radius 2 is 1.31 bits per heavy atom. The van der Waals surface area contributed by atoms with Crippen LogP contribution in [0.1, 0.15) is 115 Å². The van der Waals surface area contributed by atoms with E-state index in [2.05, 4.69) is 55.9 Å². The molecular weight excluding hydrogens is 364 g/mol. The highest BCUT2D eigenvalue weighted by atomic mass is 28.2. The summed E-state index contributed by atoms with van der Waals surface area (Å²) in [7, 11) is 0.876. The summed E-state index contributed by atoms with van der Waals surface area (Å²) in [5, 5.41) is 1.77. The topological polar surface area (TPSA) is 0 Å². The van der Waals surface area contributed by atoms with Gasteiger partial charge in [0.05, 0.1) is 9.13 Å². The van der Waals surface area contributed by atoms with E-state index >= 15 is 0 Å². The van der Waals surface area contributed by atoms with Gasteiger partial charge in [-0.25, -0.2) is 0 Å². The average molecular weight is 406 g/mol. The lowest BCUT2D eigenvalue weighted by Crippen LogP contribution is -2.29. The Hall–Kier alpha value is -1.21. The van der Waals surface area contributed by atoms with Crippen molar-refractivity contribution in [3.63, 3.8) is 0 Å². The first-order valence-electron chi connectivity index (χ1n) is 12.4. The van der Waals surface area contributed by atoms with Crippen molar-refractivity contribution in [2.75, 3.05) is 0 Å². The van der Waals surface area contributed by atoms with Crippen molar-refractivity contribution in [2.24, 2.45) is 0 Å². The van der Waals surface area contributed by atoms with Gasteiger partial charge in [-0.3, -0.25) is 0 Å². The van der Waals surface area contributed by atoms with Gasteiger partial charge in [-0.05, 0) is 34.7 Å². The predicted octanol–water partition coefficient (Wildman–Crippen LogP) is 8.23. The Morgan fingerprint density at radius 1 is 0.724 bits per heavy atom. The van der Waals surface area contributed by atoms with E-state index in [9.17, 15) is 0 Å². The number of unbranched alkanes of at least 4 members (excludes halogenated alkanes) is 10. The number of hydrogen-bond acceptors (Lipinski definition) is 0. The Balaban J connectivity index is 1.74. The quantitative estimate of drug-likeness (QED) is 0.216. The van der Waals surface area contributed by atoms with Gasteiger partial charge in [0.1, 0.15) is 0 Å². The minimum Gasteiger partial charge on any atom is -0.0769 e. The van der Waals surface area contributed by atoms with Gasteiger partial charge in [0.15, 0.2) is 0 Å². The molecule has 0 atom stereocenters. The average Bonchev–Trinajstić information content (AvgIpc) is 3.04. The zero-order valence-electron chi connectivity index (χ0n) is 18.9. The third-order valence-electron chi connectivity index (χ3n) is 6.98. The van der Waals surface area contributed by atoms with Crippen LogP contribution in [-0.4, -0.2) is 14.8 Å². The smallest absolute Gasteiger partial charge is 0.0561 e. The molecule has 0 fully saturated rings. The highest BCUT2D eigenvalue weighted by Crippen LogP contribution is 2.52. The fourth-order valence-corrected chi connectivity index (χ4v) is 6.78. The molecule has 1 heteroatoms. The summed E-state index contributed by atoms with van der Waals surface area (Å²) in [6.45, 7) is 4.62. The first-order valence-corrected chi connectivity index (χ1v) is 13.5. The van der Waals surface area contributed by atoms with Crippen LogP contribution in [0.4, 0.5) is 0 Å². The molecular formula is C28H41Si. The van der Waals surface area contributed by atoms with Crippen LogP contribution in [-0.2, 0) is 5.41 Å². The summed E-state index contributed by atoms with van der Waals surface area (Å²) < 4.78 is 0. The van der Waals surface area contributed by atoms with Crippen molar-refractivity contribution in [2.45, 2.75) is 109 Å². The predicted molar refractivity (Wildman–Crippen MR) is 132 cm³/mol. The van der Waals surface area contributed by atoms with E-state index in [1.165, 1.54) is 95.5 Å². The third kappa shape index (κ3) is 5.48. The Labute approximate surface area is 182 Å². The molecule has 1 radical (unpaired) electrons. The van der Waals surface area contributed by atoms with Crippen molar-refractivity contribution >= 4 is 20.4 Å². The molecule has 0 saturated carbocycles. The van der Waals surface area contributed by atoms with Gasteiger partial charge in [0, 0.05) is 5.41 Å². The summed E-state index contributed by atoms with van der Waals surface area (Å²) in [5.74, 6) is 0. The van der Waals surface area contributed by atoms with E-state index in [4.69, 9.17) is 0 Å². The highest BCUT2D eigenvalue weighted by molar-refractivity contribution is 6.59. The van der Waals surface area contributed by atoms with E-state index in [1.807, 2.05) is 0 Å². The lowest BCUT2D eigenvalue weighted by atomic mass is 9.74. The number of allylic oxidation sites excluding steroid dienone is 4. The van der Waals surface area contributed by atoms with Crippen molar-refractivity contribution in [3.8, 4) is 0 Å². The van der Waals surface area contributed by atoms with Crippen molar-refractivity contribution in [3.05, 3.63) is 52.7 Å². The van der Waals surface area contributed by atoms with E-state index in [0.717, 1.165) is 9.13 Å².